The zero-order valence-corrected chi connectivity index (χ0v) is 16.1. The van der Waals surface area contributed by atoms with Crippen molar-refractivity contribution in [2.24, 2.45) is 5.92 Å². The number of benzene rings is 1. The average Bonchev–Trinajstić information content (AvgIpc) is 2.69. The summed E-state index contributed by atoms with van der Waals surface area (Å²) in [5.74, 6) is -3.38. The summed E-state index contributed by atoms with van der Waals surface area (Å²) in [5.41, 5.74) is -0.281. The first kappa shape index (κ1) is 21.6. The van der Waals surface area contributed by atoms with Crippen molar-refractivity contribution in [3.63, 3.8) is 0 Å². The molecule has 0 atom stereocenters. The highest BCUT2D eigenvalue weighted by atomic mass is 16.6. The van der Waals surface area contributed by atoms with Crippen LogP contribution in [-0.4, -0.2) is 29.7 Å². The Morgan fingerprint density at radius 3 is 2.28 bits per heavy atom. The van der Waals surface area contributed by atoms with Gasteiger partial charge in [-0.05, 0) is 32.1 Å². The summed E-state index contributed by atoms with van der Waals surface area (Å²) >= 11 is 0. The van der Waals surface area contributed by atoms with E-state index in [-0.39, 0.29) is 24.2 Å². The molecular formula is C21H21NO7. The van der Waals surface area contributed by atoms with Gasteiger partial charge in [0.1, 0.15) is 5.58 Å². The second-order valence-electron chi connectivity index (χ2n) is 5.63. The molecule has 0 saturated heterocycles. The molecule has 0 aliphatic heterocycles. The Morgan fingerprint density at radius 2 is 1.62 bits per heavy atom. The molecule has 0 aliphatic carbocycles. The largest absolute Gasteiger partial charge is 0.465 e. The van der Waals surface area contributed by atoms with Gasteiger partial charge in [0, 0.05) is 6.20 Å². The number of nitrogens with zero attached hydrogens (tertiary/aromatic N) is 1. The van der Waals surface area contributed by atoms with Gasteiger partial charge in [0.15, 0.2) is 5.92 Å². The Kier molecular flexibility index (Phi) is 7.90. The third-order valence-corrected chi connectivity index (χ3v) is 3.68. The van der Waals surface area contributed by atoms with Gasteiger partial charge < -0.3 is 13.9 Å². The van der Waals surface area contributed by atoms with Crippen LogP contribution in [0.1, 0.15) is 13.8 Å². The molecule has 2 rings (SSSR count). The minimum atomic E-state index is -1.17. The van der Waals surface area contributed by atoms with E-state index in [0.717, 1.165) is 4.57 Å². The number of carbonyl (C=O) groups excluding carboxylic acids is 2. The van der Waals surface area contributed by atoms with Crippen molar-refractivity contribution in [3.05, 3.63) is 75.5 Å². The predicted molar refractivity (Wildman–Crippen MR) is 107 cm³/mol. The number of fused-ring (bicyclic) bond motifs is 1. The highest BCUT2D eigenvalue weighted by Crippen LogP contribution is 2.07. The van der Waals surface area contributed by atoms with E-state index >= 15 is 0 Å². The van der Waals surface area contributed by atoms with Gasteiger partial charge in [0.2, 0.25) is 0 Å². The van der Waals surface area contributed by atoms with Crippen LogP contribution in [0.5, 0.6) is 0 Å². The predicted octanol–water partition coefficient (Wildman–Crippen LogP) is 2.28. The van der Waals surface area contributed by atoms with Crippen molar-refractivity contribution < 1.29 is 23.5 Å². The molecule has 0 bridgehead atoms. The molecule has 29 heavy (non-hydrogen) atoms. The normalized spacial score (nSPS) is 11.8. The highest BCUT2D eigenvalue weighted by molar-refractivity contribution is 5.97. The van der Waals surface area contributed by atoms with Crippen LogP contribution >= 0.6 is 0 Å². The zero-order chi connectivity index (χ0) is 21.2. The first-order valence-corrected chi connectivity index (χ1v) is 8.98. The van der Waals surface area contributed by atoms with E-state index in [2.05, 4.69) is 0 Å². The SMILES string of the molecule is CCOC(=O)C(/C=C/C=C/C=C/n1c(=O)oc2ccccc2c1=O)C(=O)OCC. The number of carbonyl (C=O) groups is 2. The van der Waals surface area contributed by atoms with Gasteiger partial charge in [-0.3, -0.25) is 14.4 Å². The highest BCUT2D eigenvalue weighted by Gasteiger charge is 2.26. The topological polar surface area (TPSA) is 105 Å². The molecule has 0 unspecified atom stereocenters. The van der Waals surface area contributed by atoms with E-state index in [4.69, 9.17) is 13.9 Å². The zero-order valence-electron chi connectivity index (χ0n) is 16.1. The summed E-state index contributed by atoms with van der Waals surface area (Å²) in [6.45, 7) is 3.56. The van der Waals surface area contributed by atoms with E-state index in [1.807, 2.05) is 0 Å². The maximum atomic E-state index is 12.3. The second-order valence-corrected chi connectivity index (χ2v) is 5.63. The Bertz CT molecular complexity index is 1050. The van der Waals surface area contributed by atoms with Crippen molar-refractivity contribution in [1.29, 1.82) is 0 Å². The van der Waals surface area contributed by atoms with Crippen molar-refractivity contribution >= 4 is 29.1 Å². The maximum absolute atomic E-state index is 12.3. The molecule has 2 aromatic rings. The summed E-state index contributed by atoms with van der Waals surface area (Å²) in [6, 6.07) is 6.45. The molecule has 0 radical (unpaired) electrons. The number of aromatic nitrogens is 1. The molecule has 152 valence electrons. The Labute approximate surface area is 166 Å². The lowest BCUT2D eigenvalue weighted by molar-refractivity contribution is -0.158. The maximum Gasteiger partial charge on any atom is 0.426 e. The number of hydrogen-bond donors (Lipinski definition) is 0. The van der Waals surface area contributed by atoms with Crippen molar-refractivity contribution in [2.45, 2.75) is 13.8 Å². The van der Waals surface area contributed by atoms with Crippen LogP contribution in [0, 0.1) is 5.92 Å². The Balaban J connectivity index is 2.14. The van der Waals surface area contributed by atoms with E-state index in [9.17, 15) is 19.2 Å². The van der Waals surface area contributed by atoms with Crippen LogP contribution < -0.4 is 11.3 Å². The first-order valence-electron chi connectivity index (χ1n) is 8.98. The molecule has 0 fully saturated rings. The quantitative estimate of drug-likeness (QED) is 0.381. The third kappa shape index (κ3) is 5.65. The van der Waals surface area contributed by atoms with Gasteiger partial charge >= 0.3 is 17.7 Å². The molecule has 1 aromatic heterocycles. The summed E-state index contributed by atoms with van der Waals surface area (Å²) in [6.07, 6.45) is 8.56. The fourth-order valence-electron chi connectivity index (χ4n) is 2.37. The van der Waals surface area contributed by atoms with Crippen LogP contribution in [0.15, 0.2) is 68.7 Å². The van der Waals surface area contributed by atoms with E-state index in [0.29, 0.717) is 0 Å². The molecule has 0 N–H and O–H groups in total. The van der Waals surface area contributed by atoms with Crippen LogP contribution in [0.25, 0.3) is 17.2 Å². The number of esters is 2. The number of ether oxygens (including phenoxy) is 2. The van der Waals surface area contributed by atoms with Crippen LogP contribution in [0.3, 0.4) is 0 Å². The molecule has 1 heterocycles. The smallest absolute Gasteiger partial charge is 0.426 e. The standard InChI is InChI=1S/C21H21NO7/c1-3-27-19(24)16(20(25)28-4-2)12-7-5-6-10-14-22-18(23)15-11-8-9-13-17(15)29-21(22)26/h5-14,16H,3-4H2,1-2H3/b6-5+,12-7+,14-10+. The van der Waals surface area contributed by atoms with Crippen molar-refractivity contribution in [1.82, 2.24) is 4.57 Å². The van der Waals surface area contributed by atoms with Crippen LogP contribution in [0.4, 0.5) is 0 Å². The molecular weight excluding hydrogens is 378 g/mol. The average molecular weight is 399 g/mol. The third-order valence-electron chi connectivity index (χ3n) is 3.68. The second kappa shape index (κ2) is 10.6. The molecule has 0 amide bonds. The van der Waals surface area contributed by atoms with Crippen molar-refractivity contribution in [3.8, 4) is 0 Å². The number of hydrogen-bond acceptors (Lipinski definition) is 7. The van der Waals surface area contributed by atoms with E-state index in [1.165, 1.54) is 36.6 Å². The fraction of sp³-hybridized carbons (Fsp3) is 0.238. The van der Waals surface area contributed by atoms with E-state index in [1.54, 1.807) is 38.1 Å². The van der Waals surface area contributed by atoms with Crippen molar-refractivity contribution in [2.75, 3.05) is 13.2 Å². The molecule has 0 spiro atoms. The molecule has 0 aliphatic rings. The first-order chi connectivity index (χ1) is 14.0. The Morgan fingerprint density at radius 1 is 1.00 bits per heavy atom. The van der Waals surface area contributed by atoms with Gasteiger partial charge in [-0.2, -0.15) is 0 Å². The number of para-hydroxylation sites is 1. The lowest BCUT2D eigenvalue weighted by atomic mass is 10.1. The minimum Gasteiger partial charge on any atom is -0.465 e. The monoisotopic (exact) mass is 399 g/mol. The summed E-state index contributed by atoms with van der Waals surface area (Å²) in [7, 11) is 0. The van der Waals surface area contributed by atoms with E-state index < -0.39 is 29.2 Å². The number of rotatable bonds is 8. The summed E-state index contributed by atoms with van der Waals surface area (Å²) in [4.78, 5) is 48.0. The van der Waals surface area contributed by atoms with Crippen LogP contribution in [0.2, 0.25) is 0 Å². The summed E-state index contributed by atoms with van der Waals surface area (Å²) in [5, 5.41) is 0.285. The van der Waals surface area contributed by atoms with Gasteiger partial charge in [-0.15, -0.1) is 0 Å². The van der Waals surface area contributed by atoms with Gasteiger partial charge in [0.25, 0.3) is 5.56 Å². The van der Waals surface area contributed by atoms with Gasteiger partial charge in [0.05, 0.1) is 18.6 Å². The van der Waals surface area contributed by atoms with Gasteiger partial charge in [-0.25, -0.2) is 9.36 Å². The van der Waals surface area contributed by atoms with Gasteiger partial charge in [-0.1, -0.05) is 36.4 Å². The molecule has 1 aromatic carbocycles. The van der Waals surface area contributed by atoms with Crippen LogP contribution in [-0.2, 0) is 19.1 Å². The Hall–Kier alpha value is -3.68. The minimum absolute atomic E-state index is 0.143. The fourth-order valence-corrected chi connectivity index (χ4v) is 2.37. The molecule has 8 nitrogen and oxygen atoms in total. The summed E-state index contributed by atoms with van der Waals surface area (Å²) < 4.78 is 15.7. The molecule has 8 heteroatoms. The lowest BCUT2D eigenvalue weighted by Crippen LogP contribution is -2.28. The lowest BCUT2D eigenvalue weighted by Gasteiger charge is -2.10. The molecule has 0 saturated carbocycles. The number of allylic oxidation sites excluding steroid dienone is 4.